The molecule has 0 aliphatic carbocycles. The molecule has 292 valence electrons. The van der Waals surface area contributed by atoms with Crippen LogP contribution in [0.1, 0.15) is 63.6 Å². The third-order valence-electron chi connectivity index (χ3n) is 9.14. The molecule has 1 saturated heterocycles. The fourth-order valence-corrected chi connectivity index (χ4v) is 10.8. The molecule has 1 N–H and O–H groups in total. The number of hydrogen-bond donors (Lipinski definition) is 1. The number of ether oxygens (including phenoxy) is 3. The van der Waals surface area contributed by atoms with Gasteiger partial charge in [0, 0.05) is 54.6 Å². The molecule has 3 heterocycles. The van der Waals surface area contributed by atoms with E-state index in [0.29, 0.717) is 52.5 Å². The molecule has 1 aromatic heterocycles. The molecule has 0 bridgehead atoms. The molecule has 2 amide bonds. The summed E-state index contributed by atoms with van der Waals surface area (Å²) in [6, 6.07) is 13.1. The van der Waals surface area contributed by atoms with Gasteiger partial charge in [0.15, 0.2) is 9.84 Å². The van der Waals surface area contributed by atoms with Crippen molar-refractivity contribution < 1.29 is 46.2 Å². The lowest BCUT2D eigenvalue weighted by Crippen LogP contribution is -2.45. The highest BCUT2D eigenvalue weighted by atomic mass is 35.5. The highest BCUT2D eigenvalue weighted by Crippen LogP contribution is 2.39. The van der Waals surface area contributed by atoms with E-state index in [1.807, 2.05) is 33.7 Å². The predicted octanol–water partition coefficient (Wildman–Crippen LogP) is 7.66. The third kappa shape index (κ3) is 10.3. The number of benzene rings is 3. The zero-order valence-corrected chi connectivity index (χ0v) is 33.8. The lowest BCUT2D eigenvalue weighted by Gasteiger charge is -2.30. The molecular formula is C38H38Cl2N2O10S3. The number of nitrogens with zero attached hydrogens (tertiary/aromatic N) is 1. The first-order valence-corrected chi connectivity index (χ1v) is 22.5. The molecule has 4 aromatic rings. The van der Waals surface area contributed by atoms with Crippen molar-refractivity contribution >= 4 is 89.5 Å². The summed E-state index contributed by atoms with van der Waals surface area (Å²) >= 11 is 13.5. The highest BCUT2D eigenvalue weighted by molar-refractivity contribution is 8.77. The van der Waals surface area contributed by atoms with Crippen LogP contribution in [0.2, 0.25) is 10.0 Å². The maximum atomic E-state index is 13.9. The van der Waals surface area contributed by atoms with Crippen molar-refractivity contribution in [2.45, 2.75) is 68.0 Å². The van der Waals surface area contributed by atoms with E-state index in [0.717, 1.165) is 30.2 Å². The lowest BCUT2D eigenvalue weighted by atomic mass is 9.95. The molecule has 1 fully saturated rings. The number of nitrogens with one attached hydrogen (secondary N) is 1. The van der Waals surface area contributed by atoms with Crippen molar-refractivity contribution in [2.24, 2.45) is 0 Å². The summed E-state index contributed by atoms with van der Waals surface area (Å²) in [4.78, 5) is 54.9. The number of amides is 2. The smallest absolute Gasteiger partial charge is 0.464 e. The maximum absolute atomic E-state index is 13.9. The average molecular weight is 850 g/mol. The van der Waals surface area contributed by atoms with Crippen LogP contribution < -0.4 is 5.32 Å². The molecule has 0 radical (unpaired) electrons. The van der Waals surface area contributed by atoms with Crippen molar-refractivity contribution in [1.82, 2.24) is 10.2 Å². The first-order valence-electron chi connectivity index (χ1n) is 17.4. The monoisotopic (exact) mass is 848 g/mol. The summed E-state index contributed by atoms with van der Waals surface area (Å²) in [6.07, 6.45) is 3.03. The lowest BCUT2D eigenvalue weighted by molar-refractivity contribution is -0.170. The molecule has 0 spiro atoms. The van der Waals surface area contributed by atoms with E-state index in [1.165, 1.54) is 25.1 Å². The quantitative estimate of drug-likeness (QED) is 0.0607. The van der Waals surface area contributed by atoms with Crippen LogP contribution in [-0.4, -0.2) is 80.0 Å². The highest BCUT2D eigenvalue weighted by Gasteiger charge is 2.32. The van der Waals surface area contributed by atoms with E-state index in [4.69, 9.17) is 41.8 Å². The fraction of sp³-hybridized carbons (Fsp3) is 0.368. The van der Waals surface area contributed by atoms with Gasteiger partial charge in [0.25, 0.3) is 11.8 Å². The number of hydrogen-bond acceptors (Lipinski definition) is 12. The molecule has 3 atom stereocenters. The topological polar surface area (TPSA) is 159 Å². The number of esters is 1. The summed E-state index contributed by atoms with van der Waals surface area (Å²) in [5.41, 5.74) is 2.66. The van der Waals surface area contributed by atoms with Crippen LogP contribution >= 0.6 is 44.8 Å². The Kier molecular flexibility index (Phi) is 13.3. The Morgan fingerprint density at radius 1 is 1.07 bits per heavy atom. The van der Waals surface area contributed by atoms with E-state index in [9.17, 15) is 27.6 Å². The van der Waals surface area contributed by atoms with Crippen LogP contribution in [0.4, 0.5) is 4.79 Å². The van der Waals surface area contributed by atoms with Gasteiger partial charge in [-0.2, -0.15) is 0 Å². The number of fused-ring (bicyclic) bond motifs is 2. The first kappa shape index (κ1) is 40.8. The maximum Gasteiger partial charge on any atom is 0.511 e. The standard InChI is InChI=1S/C38H38Cl2N2O10S3/c1-22(52-38(46)50-14-4-6-27-12-16-53-54-27)51-37(45)31(18-23-5-3-7-28(17-23)55(2,47)48)41-35(43)33-30(39)19-26-21-42(13-10-29(26)34(33)40)36(44)25-9-8-24-11-15-49-32(24)20-25/h3,5,7-9,11,15,17,19-20,22,27,31H,4,6,10,12-14,16,18,21H2,1-2H3,(H,41,43)/t22?,27-,31+/m1/s1. The van der Waals surface area contributed by atoms with Crippen LogP contribution in [0.15, 0.2) is 70.2 Å². The van der Waals surface area contributed by atoms with Crippen LogP contribution in [0, 0.1) is 0 Å². The predicted molar refractivity (Wildman–Crippen MR) is 211 cm³/mol. The Morgan fingerprint density at radius 3 is 2.65 bits per heavy atom. The van der Waals surface area contributed by atoms with Gasteiger partial charge < -0.3 is 28.8 Å². The van der Waals surface area contributed by atoms with E-state index in [2.05, 4.69) is 5.32 Å². The van der Waals surface area contributed by atoms with E-state index in [1.54, 1.807) is 35.4 Å². The second kappa shape index (κ2) is 17.9. The SMILES string of the molecule is CC(OC(=O)OCCC[C@@H]1CCSS1)OC(=O)[C@H](Cc1cccc(S(C)(=O)=O)c1)NC(=O)c1c(Cl)cc2c(c1Cl)CCN(C(=O)c1ccc3ccoc3c1)C2. The molecule has 55 heavy (non-hydrogen) atoms. The Hall–Kier alpha value is -3.89. The van der Waals surface area contributed by atoms with E-state index in [-0.39, 0.29) is 46.0 Å². The van der Waals surface area contributed by atoms with Gasteiger partial charge in [-0.05, 0) is 78.8 Å². The van der Waals surface area contributed by atoms with Crippen LogP contribution in [0.5, 0.6) is 0 Å². The summed E-state index contributed by atoms with van der Waals surface area (Å²) in [5.74, 6) is -0.867. The first-order chi connectivity index (χ1) is 26.3. The molecule has 2 aliphatic rings. The van der Waals surface area contributed by atoms with Crippen LogP contribution in [0.25, 0.3) is 11.0 Å². The normalized spacial score (nSPS) is 16.6. The Bertz CT molecular complexity index is 2210. The molecule has 12 nitrogen and oxygen atoms in total. The molecular weight excluding hydrogens is 812 g/mol. The number of carbonyl (C=O) groups excluding carboxylic acids is 4. The fourth-order valence-electron chi connectivity index (χ4n) is 6.34. The number of rotatable bonds is 13. The van der Waals surface area contributed by atoms with Crippen molar-refractivity contribution in [3.8, 4) is 0 Å². The number of halogens is 2. The minimum absolute atomic E-state index is 0.0107. The van der Waals surface area contributed by atoms with Gasteiger partial charge in [-0.25, -0.2) is 18.0 Å². The molecule has 3 aromatic carbocycles. The van der Waals surface area contributed by atoms with Gasteiger partial charge in [-0.1, -0.05) is 63.0 Å². The van der Waals surface area contributed by atoms with Crippen molar-refractivity contribution in [1.29, 1.82) is 0 Å². The van der Waals surface area contributed by atoms with Gasteiger partial charge in [0.2, 0.25) is 6.29 Å². The van der Waals surface area contributed by atoms with Crippen molar-refractivity contribution in [3.05, 3.63) is 98.7 Å². The zero-order valence-electron chi connectivity index (χ0n) is 29.9. The zero-order chi connectivity index (χ0) is 39.3. The molecule has 17 heteroatoms. The van der Waals surface area contributed by atoms with Crippen LogP contribution in [-0.2, 0) is 48.2 Å². The third-order valence-corrected chi connectivity index (χ3v) is 14.0. The molecule has 1 unspecified atom stereocenters. The number of sulfone groups is 1. The Morgan fingerprint density at radius 2 is 1.89 bits per heavy atom. The minimum Gasteiger partial charge on any atom is -0.464 e. The van der Waals surface area contributed by atoms with E-state index < -0.39 is 40.2 Å². The second-order valence-electron chi connectivity index (χ2n) is 13.2. The van der Waals surface area contributed by atoms with Crippen LogP contribution in [0.3, 0.4) is 0 Å². The van der Waals surface area contributed by atoms with Crippen molar-refractivity contribution in [2.75, 3.05) is 25.2 Å². The second-order valence-corrected chi connectivity index (χ2v) is 18.8. The largest absolute Gasteiger partial charge is 0.511 e. The number of carbonyl (C=O) groups is 4. The minimum atomic E-state index is -3.59. The van der Waals surface area contributed by atoms with Gasteiger partial charge in [0.05, 0.1) is 33.4 Å². The molecule has 0 saturated carbocycles. The van der Waals surface area contributed by atoms with Gasteiger partial charge in [-0.15, -0.1) is 0 Å². The summed E-state index contributed by atoms with van der Waals surface area (Å²) in [5, 5.41) is 4.10. The van der Waals surface area contributed by atoms with Gasteiger partial charge in [0.1, 0.15) is 11.6 Å². The van der Waals surface area contributed by atoms with Gasteiger partial charge in [-0.3, -0.25) is 9.59 Å². The summed E-state index contributed by atoms with van der Waals surface area (Å²) < 4.78 is 45.7. The number of furan rings is 1. The Labute approximate surface area is 336 Å². The van der Waals surface area contributed by atoms with E-state index >= 15 is 0 Å². The van der Waals surface area contributed by atoms with Crippen molar-refractivity contribution in [3.63, 3.8) is 0 Å². The molecule has 6 rings (SSSR count). The summed E-state index contributed by atoms with van der Waals surface area (Å²) in [6.45, 7) is 1.98. The van der Waals surface area contributed by atoms with Gasteiger partial charge >= 0.3 is 12.1 Å². The summed E-state index contributed by atoms with van der Waals surface area (Å²) in [7, 11) is 0.0747. The average Bonchev–Trinajstić information content (AvgIpc) is 3.84. The molecule has 2 aliphatic heterocycles. The Balaban J connectivity index is 1.15.